The Bertz CT molecular complexity index is 102. The molecule has 0 radical (unpaired) electrons. The summed E-state index contributed by atoms with van der Waals surface area (Å²) in [6.45, 7) is 5.72. The van der Waals surface area contributed by atoms with Gasteiger partial charge in [-0.15, -0.1) is 13.1 Å². The van der Waals surface area contributed by atoms with Gasteiger partial charge in [0.05, 0.1) is 26.2 Å². The first-order valence-corrected chi connectivity index (χ1v) is 11.2. The van der Waals surface area contributed by atoms with Crippen molar-refractivity contribution in [1.82, 2.24) is 0 Å². The molecule has 0 aromatic carbocycles. The summed E-state index contributed by atoms with van der Waals surface area (Å²) in [5, 5.41) is 4.60. The molecule has 0 bridgehead atoms. The van der Waals surface area contributed by atoms with E-state index in [-0.39, 0.29) is 24.6 Å². The molecule has 0 unspecified atom stereocenters. The van der Waals surface area contributed by atoms with Gasteiger partial charge in [-0.05, 0) is 12.8 Å². The van der Waals surface area contributed by atoms with Gasteiger partial charge >= 0.3 is 56.4 Å². The molecule has 8 nitrogen and oxygen atoms in total. The van der Waals surface area contributed by atoms with E-state index in [4.69, 9.17) is 11.5 Å². The van der Waals surface area contributed by atoms with E-state index in [2.05, 4.69) is 29.5 Å². The SMILES string of the molecule is [Cl][Pt].[Cl][Pt].[NH-]CCC[NH2+]CCC[NH2+]CCC[NH-].[NH2-].[NH2-].[NH2-].[NH2-]. The summed E-state index contributed by atoms with van der Waals surface area (Å²) in [5.74, 6) is 0. The van der Waals surface area contributed by atoms with Gasteiger partial charge in [0.2, 0.25) is 0 Å². The van der Waals surface area contributed by atoms with E-state index in [1.54, 1.807) is 37.5 Å². The molecule has 0 atom stereocenters. The molecular formula is C9H32Cl2N8Pt2-4. The zero-order chi connectivity index (χ0) is 13.8. The molecule has 0 fully saturated rings. The first kappa shape index (κ1) is 43.3. The molecule has 21 heavy (non-hydrogen) atoms. The van der Waals surface area contributed by atoms with E-state index in [1.807, 2.05) is 0 Å². The van der Waals surface area contributed by atoms with Gasteiger partial charge in [-0.3, -0.25) is 0 Å². The monoisotopic (exact) mass is 712 g/mol. The molecule has 0 aromatic rings. The standard InChI is InChI=1S/C9H22N4.2ClH.4H2N.2Pt/c10-4-1-6-12-8-3-9-13-7-2-5-11;;;;;;;;/h10-13H,1-9H2;2*1H;4*1H2;;/q-2;;;4*-1;2*+1. The Kier molecular flexibility index (Phi) is 119. The molecule has 0 saturated heterocycles. The van der Waals surface area contributed by atoms with Gasteiger partial charge in [0.15, 0.2) is 0 Å². The average Bonchev–Trinajstić information content (AvgIpc) is 2.42. The first-order valence-electron chi connectivity index (χ1n) is 5.58. The molecular weight excluding hydrogens is 681 g/mol. The maximum absolute atomic E-state index is 6.95. The van der Waals surface area contributed by atoms with Crippen molar-refractivity contribution in [3.8, 4) is 0 Å². The van der Waals surface area contributed by atoms with Gasteiger partial charge in [-0.25, -0.2) is 0 Å². The van der Waals surface area contributed by atoms with Crippen LogP contribution in [0.15, 0.2) is 0 Å². The molecule has 0 amide bonds. The molecule has 0 rings (SSSR count). The predicted molar refractivity (Wildman–Crippen MR) is 88.4 cm³/mol. The summed E-state index contributed by atoms with van der Waals surface area (Å²) >= 11 is 3.22. The Morgan fingerprint density at radius 1 is 0.571 bits per heavy atom. The predicted octanol–water partition coefficient (Wildman–Crippen LogP) is 3.63. The van der Waals surface area contributed by atoms with Crippen molar-refractivity contribution < 1.29 is 48.2 Å². The summed E-state index contributed by atoms with van der Waals surface area (Å²) in [6, 6.07) is 0. The van der Waals surface area contributed by atoms with Crippen molar-refractivity contribution in [1.29, 1.82) is 0 Å². The van der Waals surface area contributed by atoms with Crippen LogP contribution in [0.1, 0.15) is 19.3 Å². The average molecular weight is 713 g/mol. The number of nitrogens with one attached hydrogen (secondary N) is 2. The molecule has 14 N–H and O–H groups in total. The molecule has 0 aromatic heterocycles. The van der Waals surface area contributed by atoms with E-state index < -0.39 is 0 Å². The van der Waals surface area contributed by atoms with E-state index in [0.717, 1.165) is 25.9 Å². The van der Waals surface area contributed by atoms with Crippen molar-refractivity contribution in [2.24, 2.45) is 0 Å². The van der Waals surface area contributed by atoms with Crippen LogP contribution < -0.4 is 10.6 Å². The fraction of sp³-hybridized carbons (Fsp3) is 1.00. The zero-order valence-corrected chi connectivity index (χ0v) is 18.3. The van der Waals surface area contributed by atoms with E-state index in [1.165, 1.54) is 19.5 Å². The normalized spacial score (nSPS) is 7.24. The number of rotatable bonds is 10. The van der Waals surface area contributed by atoms with Gasteiger partial charge in [0, 0.05) is 6.42 Å². The minimum Gasteiger partial charge on any atom is -0.693 e. The molecule has 0 saturated carbocycles. The van der Waals surface area contributed by atoms with Gasteiger partial charge < -0.3 is 46.7 Å². The van der Waals surface area contributed by atoms with Crippen LogP contribution in [0.5, 0.6) is 0 Å². The van der Waals surface area contributed by atoms with Crippen molar-refractivity contribution in [2.45, 2.75) is 19.3 Å². The van der Waals surface area contributed by atoms with Gasteiger partial charge in [0.25, 0.3) is 0 Å². The summed E-state index contributed by atoms with van der Waals surface area (Å²) in [5.41, 5.74) is 13.9. The number of nitrogens with two attached hydrogens (primary N) is 6. The molecule has 0 aliphatic heterocycles. The van der Waals surface area contributed by atoms with Gasteiger partial charge in [-0.2, -0.15) is 0 Å². The number of hydrogen-bond acceptors (Lipinski definition) is 0. The first-order chi connectivity index (χ1) is 8.41. The minimum atomic E-state index is 0. The Morgan fingerprint density at radius 2 is 0.810 bits per heavy atom. The molecule has 12 heteroatoms. The second-order valence-electron chi connectivity index (χ2n) is 3.29. The fourth-order valence-corrected chi connectivity index (χ4v) is 1.19. The maximum Gasteiger partial charge on any atom is 0.0809 e. The Balaban J connectivity index is -0.0000000449. The minimum absolute atomic E-state index is 0. The van der Waals surface area contributed by atoms with Crippen molar-refractivity contribution >= 4 is 18.8 Å². The Labute approximate surface area is 161 Å². The van der Waals surface area contributed by atoms with Crippen LogP contribution in [0, 0.1) is 0 Å². The fourth-order valence-electron chi connectivity index (χ4n) is 1.19. The van der Waals surface area contributed by atoms with Crippen molar-refractivity contribution in [3.05, 3.63) is 36.1 Å². The van der Waals surface area contributed by atoms with Gasteiger partial charge in [0.1, 0.15) is 0 Å². The molecule has 0 heterocycles. The molecule has 0 aliphatic rings. The summed E-state index contributed by atoms with van der Waals surface area (Å²) < 4.78 is 0. The van der Waals surface area contributed by atoms with Crippen LogP contribution in [0.3, 0.4) is 0 Å². The second-order valence-corrected chi connectivity index (χ2v) is 3.29. The summed E-state index contributed by atoms with van der Waals surface area (Å²) in [4.78, 5) is 0. The second kappa shape index (κ2) is 57.7. The number of quaternary nitrogens is 2. The smallest absolute Gasteiger partial charge is 0.0809 e. The molecule has 0 aliphatic carbocycles. The van der Waals surface area contributed by atoms with Crippen LogP contribution in [-0.4, -0.2) is 39.3 Å². The van der Waals surface area contributed by atoms with Gasteiger partial charge in [-0.1, -0.05) is 0 Å². The zero-order valence-electron chi connectivity index (χ0n) is 12.2. The van der Waals surface area contributed by atoms with E-state index in [0.29, 0.717) is 13.1 Å². The Hall–Kier alpha value is 1.64. The van der Waals surface area contributed by atoms with E-state index in [9.17, 15) is 0 Å². The van der Waals surface area contributed by atoms with Crippen LogP contribution in [0.2, 0.25) is 0 Å². The van der Waals surface area contributed by atoms with Crippen LogP contribution in [-0.2, 0) is 37.5 Å². The largest absolute Gasteiger partial charge is 0.693 e. The third-order valence-electron chi connectivity index (χ3n) is 1.99. The van der Waals surface area contributed by atoms with Crippen molar-refractivity contribution in [3.63, 3.8) is 0 Å². The third-order valence-corrected chi connectivity index (χ3v) is 1.99. The van der Waals surface area contributed by atoms with E-state index >= 15 is 0 Å². The summed E-state index contributed by atoms with van der Waals surface area (Å²) in [6.07, 6.45) is 3.28. The van der Waals surface area contributed by atoms with Crippen LogP contribution in [0.25, 0.3) is 36.1 Å². The Morgan fingerprint density at radius 3 is 1.05 bits per heavy atom. The number of halogens is 2. The molecule has 146 valence electrons. The maximum atomic E-state index is 6.95. The quantitative estimate of drug-likeness (QED) is 0.311. The number of hydrogen-bond donors (Lipinski definition) is 2. The summed E-state index contributed by atoms with van der Waals surface area (Å²) in [7, 11) is 9.22. The third kappa shape index (κ3) is 61.6. The van der Waals surface area contributed by atoms with Crippen LogP contribution in [0.4, 0.5) is 0 Å². The van der Waals surface area contributed by atoms with Crippen LogP contribution >= 0.6 is 18.8 Å². The molecule has 0 spiro atoms. The van der Waals surface area contributed by atoms with Crippen molar-refractivity contribution in [2.75, 3.05) is 39.3 Å². The topological polar surface area (TPSA) is 215 Å².